The normalized spacial score (nSPS) is 26.6. The highest BCUT2D eigenvalue weighted by molar-refractivity contribution is 8.33. The van der Waals surface area contributed by atoms with Gasteiger partial charge in [-0.25, -0.2) is 3.63 Å². The van der Waals surface area contributed by atoms with Crippen molar-refractivity contribution in [2.45, 2.75) is 74.4 Å². The van der Waals surface area contributed by atoms with E-state index in [2.05, 4.69) is 6.92 Å². The Morgan fingerprint density at radius 3 is 2.43 bits per heavy atom. The van der Waals surface area contributed by atoms with Crippen molar-refractivity contribution in [2.24, 2.45) is 17.8 Å². The summed E-state index contributed by atoms with van der Waals surface area (Å²) in [5, 5.41) is -3.88. The van der Waals surface area contributed by atoms with Crippen LogP contribution in [0.3, 0.4) is 0 Å². The average molecular weight is 563 g/mol. The fourth-order valence-corrected chi connectivity index (χ4v) is 12.3. The number of ether oxygens (including phenoxy) is 1. The lowest BCUT2D eigenvalue weighted by Gasteiger charge is -2.39. The zero-order chi connectivity index (χ0) is 26.5. The summed E-state index contributed by atoms with van der Waals surface area (Å²) in [6.45, 7) is 2.62. The Hall–Kier alpha value is -1.52. The fraction of sp³-hybridized carbons (Fsp3) is 0.630. The maximum Gasteiger partial charge on any atom is 0.432 e. The first-order valence-electron chi connectivity index (χ1n) is 13.2. The highest BCUT2D eigenvalue weighted by atomic mass is 32.3. The predicted molar refractivity (Wildman–Crippen MR) is 138 cm³/mol. The van der Waals surface area contributed by atoms with Gasteiger partial charge in [-0.3, -0.25) is 0 Å². The van der Waals surface area contributed by atoms with E-state index in [1.165, 1.54) is 0 Å². The summed E-state index contributed by atoms with van der Waals surface area (Å²) < 4.78 is 98.5. The molecule has 37 heavy (non-hydrogen) atoms. The summed E-state index contributed by atoms with van der Waals surface area (Å²) in [5.41, 5.74) is 0. The molecule has 2 aromatic rings. The molecule has 5 rings (SSSR count). The van der Waals surface area contributed by atoms with Crippen molar-refractivity contribution in [3.8, 4) is 5.75 Å². The van der Waals surface area contributed by atoms with Gasteiger partial charge in [0.05, 0.1) is 6.61 Å². The molecular formula is C27H34F4O4S2. The van der Waals surface area contributed by atoms with Gasteiger partial charge in [0.2, 0.25) is 0 Å². The number of halogens is 4. The molecule has 0 spiro atoms. The van der Waals surface area contributed by atoms with E-state index in [-0.39, 0.29) is 23.8 Å². The Balaban J connectivity index is 1.47. The van der Waals surface area contributed by atoms with E-state index in [0.717, 1.165) is 24.6 Å². The molecule has 3 unspecified atom stereocenters. The van der Waals surface area contributed by atoms with Gasteiger partial charge in [0.15, 0.2) is 0 Å². The molecule has 2 aliphatic carbocycles. The third-order valence-electron chi connectivity index (χ3n) is 8.30. The summed E-state index contributed by atoms with van der Waals surface area (Å²) in [6, 6.07) is 10.6. The van der Waals surface area contributed by atoms with Crippen molar-refractivity contribution < 1.29 is 34.3 Å². The van der Waals surface area contributed by atoms with Gasteiger partial charge in [0, 0.05) is 22.3 Å². The van der Waals surface area contributed by atoms with Gasteiger partial charge in [-0.1, -0.05) is 42.2 Å². The second-order valence-corrected chi connectivity index (χ2v) is 15.6. The molecule has 3 fully saturated rings. The van der Waals surface area contributed by atoms with Gasteiger partial charge < -0.3 is 4.74 Å². The fourth-order valence-electron chi connectivity index (χ4n) is 6.36. The number of hydrogen-bond acceptors (Lipinski definition) is 4. The van der Waals surface area contributed by atoms with Crippen LogP contribution >= 0.6 is 10.3 Å². The van der Waals surface area contributed by atoms with Crippen LogP contribution in [0.15, 0.2) is 41.3 Å². The smallest absolute Gasteiger partial charge is 0.432 e. The van der Waals surface area contributed by atoms with E-state index in [0.29, 0.717) is 48.3 Å². The van der Waals surface area contributed by atoms with Gasteiger partial charge in [0.25, 0.3) is 0 Å². The second kappa shape index (κ2) is 9.90. The molecule has 0 aromatic heterocycles. The highest BCUT2D eigenvalue weighted by Gasteiger charge is 2.73. The molecular weight excluding hydrogens is 528 g/mol. The van der Waals surface area contributed by atoms with E-state index in [1.807, 2.05) is 12.1 Å². The maximum atomic E-state index is 15.3. The monoisotopic (exact) mass is 562 g/mol. The molecule has 2 aromatic carbocycles. The first-order chi connectivity index (χ1) is 17.5. The summed E-state index contributed by atoms with van der Waals surface area (Å²) in [4.78, 5) is 0.505. The molecule has 10 heteroatoms. The number of unbranched alkanes of at least 4 members (excludes halogenated alkanes) is 1. The van der Waals surface area contributed by atoms with Crippen LogP contribution in [0.4, 0.5) is 17.6 Å². The van der Waals surface area contributed by atoms with Crippen molar-refractivity contribution in [3.63, 3.8) is 0 Å². The largest absolute Gasteiger partial charge is 0.494 e. The number of fused-ring (bicyclic) bond motifs is 3. The predicted octanol–water partition coefficient (Wildman–Crippen LogP) is 7.90. The molecule has 3 atom stereocenters. The van der Waals surface area contributed by atoms with Crippen molar-refractivity contribution in [3.05, 3.63) is 36.4 Å². The van der Waals surface area contributed by atoms with Crippen LogP contribution in [0, 0.1) is 17.8 Å². The van der Waals surface area contributed by atoms with Gasteiger partial charge in [-0.2, -0.15) is 26.0 Å². The summed E-state index contributed by atoms with van der Waals surface area (Å²) in [7, 11) is -8.70. The van der Waals surface area contributed by atoms with Gasteiger partial charge in [0.1, 0.15) is 5.75 Å². The summed E-state index contributed by atoms with van der Waals surface area (Å²) in [5.74, 6) is -5.81. The van der Waals surface area contributed by atoms with Crippen molar-refractivity contribution in [1.82, 2.24) is 0 Å². The average Bonchev–Trinajstić information content (AvgIpc) is 3.61. The third-order valence-corrected chi connectivity index (χ3v) is 14.0. The number of alkyl halides is 4. The standard InChI is InChI=1S/C27H34F4O4S2/c1-2-3-13-34-22-11-12-23-20(18-22)7-6-8-25(23)36(14-4-5-15-36)35-37(32,33)27(30,31)26(28,29)24-17-19-9-10-21(24)16-19/h6-8,11-12,18-19,21,24H,2-5,9-10,13-17H2,1H3. The molecule has 1 heterocycles. The first-order valence-corrected chi connectivity index (χ1v) is 16.5. The Labute approximate surface area is 217 Å². The van der Waals surface area contributed by atoms with Gasteiger partial charge in [-0.15, -0.1) is 0 Å². The zero-order valence-corrected chi connectivity index (χ0v) is 22.6. The van der Waals surface area contributed by atoms with Crippen molar-refractivity contribution >= 4 is 31.2 Å². The minimum atomic E-state index is -5.92. The van der Waals surface area contributed by atoms with E-state index in [1.54, 1.807) is 24.3 Å². The lowest BCUT2D eigenvalue weighted by atomic mass is 9.84. The van der Waals surface area contributed by atoms with E-state index >= 15 is 17.6 Å². The quantitative estimate of drug-likeness (QED) is 0.218. The first kappa shape index (κ1) is 27.1. The van der Waals surface area contributed by atoms with Gasteiger partial charge in [-0.05, 0) is 85.4 Å². The van der Waals surface area contributed by atoms with E-state index in [4.69, 9.17) is 8.37 Å². The zero-order valence-electron chi connectivity index (χ0n) is 20.9. The number of hydrogen-bond donors (Lipinski definition) is 0. The molecule has 3 aliphatic rings. The Morgan fingerprint density at radius 2 is 1.78 bits per heavy atom. The van der Waals surface area contributed by atoms with Gasteiger partial charge >= 0.3 is 21.3 Å². The molecule has 2 bridgehead atoms. The van der Waals surface area contributed by atoms with Crippen LogP contribution in [0.1, 0.15) is 58.3 Å². The minimum absolute atomic E-state index is 0.0291. The lowest BCUT2D eigenvalue weighted by molar-refractivity contribution is -0.202. The van der Waals surface area contributed by atoms with Crippen LogP contribution in [0.2, 0.25) is 0 Å². The number of rotatable bonds is 10. The topological polar surface area (TPSA) is 52.6 Å². The molecule has 4 nitrogen and oxygen atoms in total. The van der Waals surface area contributed by atoms with E-state index < -0.39 is 43.4 Å². The lowest BCUT2D eigenvalue weighted by Crippen LogP contribution is -2.53. The van der Waals surface area contributed by atoms with Crippen molar-refractivity contribution in [2.75, 3.05) is 18.1 Å². The maximum absolute atomic E-state index is 15.3. The Morgan fingerprint density at radius 1 is 1.03 bits per heavy atom. The molecule has 1 saturated heterocycles. The molecule has 0 amide bonds. The molecule has 1 aliphatic heterocycles. The molecule has 206 valence electrons. The summed E-state index contributed by atoms with van der Waals surface area (Å²) in [6.07, 6.45) is 4.63. The SMILES string of the molecule is CCCCOc1ccc2c(S3(OS(=O)(=O)C(F)(F)C(F)(F)C4CC5CCC4C5)CCCC3)cccc2c1. The molecule has 2 saturated carbocycles. The van der Waals surface area contributed by atoms with Crippen molar-refractivity contribution in [1.29, 1.82) is 0 Å². The van der Waals surface area contributed by atoms with E-state index in [9.17, 15) is 8.42 Å². The number of benzene rings is 2. The van der Waals surface area contributed by atoms with Crippen LogP contribution in [0.5, 0.6) is 5.75 Å². The van der Waals surface area contributed by atoms with Crippen LogP contribution in [0.25, 0.3) is 10.8 Å². The third kappa shape index (κ3) is 4.65. The Bertz CT molecular complexity index is 1240. The minimum Gasteiger partial charge on any atom is -0.494 e. The molecule has 0 N–H and O–H groups in total. The Kier molecular flexibility index (Phi) is 7.24. The van der Waals surface area contributed by atoms with Crippen LogP contribution in [-0.4, -0.2) is 37.7 Å². The second-order valence-electron chi connectivity index (χ2n) is 10.7. The summed E-state index contributed by atoms with van der Waals surface area (Å²) >= 11 is 0. The molecule has 0 radical (unpaired) electrons. The highest BCUT2D eigenvalue weighted by Crippen LogP contribution is 2.66. The van der Waals surface area contributed by atoms with Crippen LogP contribution in [-0.2, 0) is 13.7 Å². The van der Waals surface area contributed by atoms with Crippen LogP contribution < -0.4 is 4.74 Å².